The van der Waals surface area contributed by atoms with Crippen LogP contribution in [0.25, 0.3) is 0 Å². The fourth-order valence-electron chi connectivity index (χ4n) is 3.34. The van der Waals surface area contributed by atoms with Gasteiger partial charge in [0.1, 0.15) is 0 Å². The summed E-state index contributed by atoms with van der Waals surface area (Å²) >= 11 is 0. The summed E-state index contributed by atoms with van der Waals surface area (Å²) in [7, 11) is -0.463. The van der Waals surface area contributed by atoms with Crippen molar-refractivity contribution in [1.82, 2.24) is 14.1 Å². The molecule has 0 aromatic heterocycles. The molecule has 2 saturated heterocycles. The Bertz CT molecular complexity index is 685. The Morgan fingerprint density at radius 1 is 1.13 bits per heavy atom. The van der Waals surface area contributed by atoms with Crippen LogP contribution < -0.4 is 0 Å². The summed E-state index contributed by atoms with van der Waals surface area (Å²) in [5.74, 6) is -0.00893. The third-order valence-electron chi connectivity index (χ3n) is 4.75. The zero-order valence-electron chi connectivity index (χ0n) is 13.6. The highest BCUT2D eigenvalue weighted by atomic mass is 32.2. The lowest BCUT2D eigenvalue weighted by molar-refractivity contribution is 0.0571. The van der Waals surface area contributed by atoms with E-state index in [1.54, 1.807) is 12.1 Å². The number of amides is 1. The molecule has 0 aliphatic carbocycles. The number of hydrogen-bond acceptors (Lipinski definition) is 4. The molecular formula is C16H23N3O3S. The quantitative estimate of drug-likeness (QED) is 0.821. The Labute approximate surface area is 137 Å². The molecule has 126 valence electrons. The maximum absolute atomic E-state index is 12.6. The first-order chi connectivity index (χ1) is 10.9. The molecule has 1 unspecified atom stereocenters. The standard InChI is InChI=1S/C16H23N3O3S/c1-17(2)23(21,22)15-7-5-13(6-8-15)16(20)19-11-10-18-9-3-4-14(18)12-19/h5-8,14H,3-4,9-12H2,1-2H3. The molecule has 23 heavy (non-hydrogen) atoms. The molecule has 0 bridgehead atoms. The summed E-state index contributed by atoms with van der Waals surface area (Å²) in [6.45, 7) is 3.59. The zero-order chi connectivity index (χ0) is 16.6. The van der Waals surface area contributed by atoms with Gasteiger partial charge < -0.3 is 4.90 Å². The van der Waals surface area contributed by atoms with E-state index in [9.17, 15) is 13.2 Å². The number of hydrogen-bond donors (Lipinski definition) is 0. The SMILES string of the molecule is CN(C)S(=O)(=O)c1ccc(C(=O)N2CCN3CCCC3C2)cc1. The first-order valence-electron chi connectivity index (χ1n) is 7.95. The second kappa shape index (κ2) is 6.22. The highest BCUT2D eigenvalue weighted by Crippen LogP contribution is 2.23. The average Bonchev–Trinajstić information content (AvgIpc) is 3.01. The van der Waals surface area contributed by atoms with Crippen molar-refractivity contribution in [2.24, 2.45) is 0 Å². The van der Waals surface area contributed by atoms with Crippen molar-refractivity contribution in [2.45, 2.75) is 23.8 Å². The van der Waals surface area contributed by atoms with E-state index in [1.165, 1.54) is 37.0 Å². The summed E-state index contributed by atoms with van der Waals surface area (Å²) < 4.78 is 25.3. The van der Waals surface area contributed by atoms with E-state index < -0.39 is 10.0 Å². The van der Waals surface area contributed by atoms with Crippen LogP contribution in [0.4, 0.5) is 0 Å². The van der Waals surface area contributed by atoms with Crippen molar-refractivity contribution < 1.29 is 13.2 Å². The molecule has 1 atom stereocenters. The number of rotatable bonds is 3. The van der Waals surface area contributed by atoms with Gasteiger partial charge in [-0.2, -0.15) is 0 Å². The summed E-state index contributed by atoms with van der Waals surface area (Å²) in [5.41, 5.74) is 0.550. The van der Waals surface area contributed by atoms with Crippen LogP contribution in [-0.4, -0.2) is 74.7 Å². The Hall–Kier alpha value is -1.44. The molecule has 2 heterocycles. The molecule has 1 aromatic rings. The molecule has 0 radical (unpaired) electrons. The van der Waals surface area contributed by atoms with E-state index in [4.69, 9.17) is 0 Å². The minimum Gasteiger partial charge on any atom is -0.336 e. The summed E-state index contributed by atoms with van der Waals surface area (Å²) in [6, 6.07) is 6.73. The molecule has 0 N–H and O–H groups in total. The van der Waals surface area contributed by atoms with E-state index >= 15 is 0 Å². The van der Waals surface area contributed by atoms with E-state index in [0.29, 0.717) is 11.6 Å². The highest BCUT2D eigenvalue weighted by molar-refractivity contribution is 7.89. The maximum atomic E-state index is 12.6. The van der Waals surface area contributed by atoms with Gasteiger partial charge in [-0.3, -0.25) is 9.69 Å². The number of fused-ring (bicyclic) bond motifs is 1. The van der Waals surface area contributed by atoms with Gasteiger partial charge in [0.25, 0.3) is 5.91 Å². The van der Waals surface area contributed by atoms with Crippen LogP contribution in [-0.2, 0) is 10.0 Å². The van der Waals surface area contributed by atoms with Crippen molar-refractivity contribution in [2.75, 3.05) is 40.3 Å². The molecule has 6 nitrogen and oxygen atoms in total. The van der Waals surface area contributed by atoms with Crippen molar-refractivity contribution in [1.29, 1.82) is 0 Å². The lowest BCUT2D eigenvalue weighted by Gasteiger charge is -2.37. The Morgan fingerprint density at radius 3 is 2.48 bits per heavy atom. The molecule has 1 amide bonds. The zero-order valence-corrected chi connectivity index (χ0v) is 14.4. The predicted octanol–water partition coefficient (Wildman–Crippen LogP) is 0.857. The van der Waals surface area contributed by atoms with Crippen LogP contribution in [0.1, 0.15) is 23.2 Å². The number of carbonyl (C=O) groups excluding carboxylic acids is 1. The monoisotopic (exact) mass is 337 g/mol. The van der Waals surface area contributed by atoms with Gasteiger partial charge in [0.15, 0.2) is 0 Å². The second-order valence-corrected chi connectivity index (χ2v) is 8.55. The topological polar surface area (TPSA) is 60.9 Å². The molecular weight excluding hydrogens is 314 g/mol. The molecule has 2 fully saturated rings. The number of carbonyl (C=O) groups is 1. The van der Waals surface area contributed by atoms with E-state index in [1.807, 2.05) is 4.90 Å². The Balaban J connectivity index is 1.73. The number of nitrogens with zero attached hydrogens (tertiary/aromatic N) is 3. The van der Waals surface area contributed by atoms with Crippen molar-refractivity contribution in [3.8, 4) is 0 Å². The first kappa shape index (κ1) is 16.4. The highest BCUT2D eigenvalue weighted by Gasteiger charge is 2.32. The largest absolute Gasteiger partial charge is 0.336 e. The minimum atomic E-state index is -3.45. The normalized spacial score (nSPS) is 22.4. The smallest absolute Gasteiger partial charge is 0.253 e. The maximum Gasteiger partial charge on any atom is 0.253 e. The van der Waals surface area contributed by atoms with Crippen molar-refractivity contribution in [3.05, 3.63) is 29.8 Å². The molecule has 0 spiro atoms. The fourth-order valence-corrected chi connectivity index (χ4v) is 4.24. The molecule has 3 rings (SSSR count). The van der Waals surface area contributed by atoms with Crippen LogP contribution in [0.15, 0.2) is 29.2 Å². The first-order valence-corrected chi connectivity index (χ1v) is 9.39. The number of sulfonamides is 1. The van der Waals surface area contributed by atoms with Gasteiger partial charge in [-0.25, -0.2) is 12.7 Å². The van der Waals surface area contributed by atoms with Crippen LogP contribution in [0.2, 0.25) is 0 Å². The van der Waals surface area contributed by atoms with Crippen molar-refractivity contribution in [3.63, 3.8) is 0 Å². The van der Waals surface area contributed by atoms with Gasteiger partial charge in [0.2, 0.25) is 10.0 Å². The third kappa shape index (κ3) is 3.13. The molecule has 2 aliphatic heterocycles. The molecule has 0 saturated carbocycles. The second-order valence-electron chi connectivity index (χ2n) is 6.39. The van der Waals surface area contributed by atoms with Gasteiger partial charge in [-0.15, -0.1) is 0 Å². The molecule has 2 aliphatic rings. The predicted molar refractivity (Wildman–Crippen MR) is 87.8 cm³/mol. The van der Waals surface area contributed by atoms with Crippen LogP contribution in [0.5, 0.6) is 0 Å². The lowest BCUT2D eigenvalue weighted by Crippen LogP contribution is -2.52. The third-order valence-corrected chi connectivity index (χ3v) is 6.58. The van der Waals surface area contributed by atoms with Crippen LogP contribution in [0.3, 0.4) is 0 Å². The summed E-state index contributed by atoms with van der Waals surface area (Å²) in [5, 5.41) is 0. The minimum absolute atomic E-state index is 0.00893. The van der Waals surface area contributed by atoms with Gasteiger partial charge in [0, 0.05) is 45.3 Å². The van der Waals surface area contributed by atoms with E-state index in [0.717, 1.165) is 32.6 Å². The van der Waals surface area contributed by atoms with Crippen LogP contribution >= 0.6 is 0 Å². The number of piperazine rings is 1. The number of benzene rings is 1. The van der Waals surface area contributed by atoms with Crippen LogP contribution in [0, 0.1) is 0 Å². The Kier molecular flexibility index (Phi) is 4.44. The Morgan fingerprint density at radius 2 is 1.83 bits per heavy atom. The average molecular weight is 337 g/mol. The fraction of sp³-hybridized carbons (Fsp3) is 0.562. The molecule has 7 heteroatoms. The van der Waals surface area contributed by atoms with Gasteiger partial charge >= 0.3 is 0 Å². The summed E-state index contributed by atoms with van der Waals surface area (Å²) in [6.07, 6.45) is 2.37. The van der Waals surface area contributed by atoms with Gasteiger partial charge in [-0.05, 0) is 43.7 Å². The lowest BCUT2D eigenvalue weighted by atomic mass is 10.1. The van der Waals surface area contributed by atoms with Gasteiger partial charge in [-0.1, -0.05) is 0 Å². The summed E-state index contributed by atoms with van der Waals surface area (Å²) in [4.78, 5) is 17.2. The van der Waals surface area contributed by atoms with E-state index in [2.05, 4.69) is 4.90 Å². The van der Waals surface area contributed by atoms with Gasteiger partial charge in [0.05, 0.1) is 4.90 Å². The van der Waals surface area contributed by atoms with Crippen molar-refractivity contribution >= 4 is 15.9 Å². The van der Waals surface area contributed by atoms with E-state index in [-0.39, 0.29) is 10.8 Å². The molecule has 1 aromatic carbocycles.